The van der Waals surface area contributed by atoms with Crippen molar-refractivity contribution >= 4 is 35.0 Å². The quantitative estimate of drug-likeness (QED) is 0.144. The second-order valence-corrected chi connectivity index (χ2v) is 13.5. The fourth-order valence-electron chi connectivity index (χ4n) is 6.06. The molecule has 0 saturated heterocycles. The number of para-hydroxylation sites is 1. The minimum atomic E-state index is -0.764. The van der Waals surface area contributed by atoms with Gasteiger partial charge in [-0.15, -0.1) is 0 Å². The molecule has 3 aromatic carbocycles. The van der Waals surface area contributed by atoms with Gasteiger partial charge in [-0.1, -0.05) is 53.3 Å². The van der Waals surface area contributed by atoms with Gasteiger partial charge in [0.05, 0.1) is 28.5 Å². The lowest BCUT2D eigenvalue weighted by Gasteiger charge is -2.26. The third-order valence-electron chi connectivity index (χ3n) is 8.26. The summed E-state index contributed by atoms with van der Waals surface area (Å²) in [5.41, 5.74) is 6.20. The molecule has 8 nitrogen and oxygen atoms in total. The zero-order valence-electron chi connectivity index (χ0n) is 28.3. The van der Waals surface area contributed by atoms with Gasteiger partial charge < -0.3 is 18.8 Å². The Kier molecular flexibility index (Phi) is 9.94. The lowest BCUT2D eigenvalue weighted by molar-refractivity contribution is -0.139. The molecule has 0 aliphatic carbocycles. The number of ether oxygens (including phenoxy) is 3. The molecule has 2 aromatic heterocycles. The SMILES string of the molecule is CCOC(=O)C1=C(C)N=c2s/c(=C\c3cc(C)n(-c4ccc(OCc5ccc(Cl)cc5)cc4)c3C)c(=O)n2[C@H]1c1ccccc1OC(C)C. The van der Waals surface area contributed by atoms with Crippen LogP contribution in [-0.4, -0.2) is 27.8 Å². The van der Waals surface area contributed by atoms with Gasteiger partial charge in [0.15, 0.2) is 4.80 Å². The van der Waals surface area contributed by atoms with E-state index < -0.39 is 12.0 Å². The minimum Gasteiger partial charge on any atom is -0.491 e. The van der Waals surface area contributed by atoms with E-state index in [1.807, 2.05) is 107 Å². The molecule has 0 radical (unpaired) electrons. The van der Waals surface area contributed by atoms with Gasteiger partial charge in [-0.2, -0.15) is 0 Å². The Labute approximate surface area is 294 Å². The van der Waals surface area contributed by atoms with Crippen LogP contribution in [0.3, 0.4) is 0 Å². The maximum Gasteiger partial charge on any atom is 0.338 e. The van der Waals surface area contributed by atoms with E-state index in [9.17, 15) is 9.59 Å². The number of esters is 1. The summed E-state index contributed by atoms with van der Waals surface area (Å²) in [5, 5.41) is 0.693. The van der Waals surface area contributed by atoms with Gasteiger partial charge in [0, 0.05) is 27.7 Å². The summed E-state index contributed by atoms with van der Waals surface area (Å²) in [7, 11) is 0. The predicted molar refractivity (Wildman–Crippen MR) is 194 cm³/mol. The van der Waals surface area contributed by atoms with E-state index in [0.29, 0.717) is 43.5 Å². The number of halogens is 1. The van der Waals surface area contributed by atoms with Gasteiger partial charge in [-0.05, 0) is 107 Å². The summed E-state index contributed by atoms with van der Waals surface area (Å²) >= 11 is 7.30. The van der Waals surface area contributed by atoms with Gasteiger partial charge in [0.1, 0.15) is 24.1 Å². The molecule has 1 aliphatic heterocycles. The van der Waals surface area contributed by atoms with E-state index in [1.165, 1.54) is 11.3 Å². The molecule has 3 heterocycles. The summed E-state index contributed by atoms with van der Waals surface area (Å²) in [6.45, 7) is 12.1. The molecule has 10 heteroatoms. The Balaban J connectivity index is 1.37. The monoisotopic (exact) mass is 695 g/mol. The van der Waals surface area contributed by atoms with Crippen molar-refractivity contribution in [2.24, 2.45) is 4.99 Å². The molecule has 5 aromatic rings. The number of rotatable bonds is 10. The first-order chi connectivity index (χ1) is 23.5. The van der Waals surface area contributed by atoms with Crippen LogP contribution in [0.1, 0.15) is 61.8 Å². The van der Waals surface area contributed by atoms with Crippen molar-refractivity contribution in [2.45, 2.75) is 60.3 Å². The maximum atomic E-state index is 14.3. The second-order valence-electron chi connectivity index (χ2n) is 12.1. The first-order valence-electron chi connectivity index (χ1n) is 16.2. The van der Waals surface area contributed by atoms with E-state index in [0.717, 1.165) is 34.0 Å². The lowest BCUT2D eigenvalue weighted by Crippen LogP contribution is -2.40. The molecular formula is C39H38ClN3O5S. The number of hydrogen-bond donors (Lipinski definition) is 0. The Morgan fingerprint density at radius 3 is 2.43 bits per heavy atom. The molecule has 0 amide bonds. The van der Waals surface area contributed by atoms with Crippen molar-refractivity contribution in [1.82, 2.24) is 9.13 Å². The van der Waals surface area contributed by atoms with Crippen molar-refractivity contribution in [1.29, 1.82) is 0 Å². The van der Waals surface area contributed by atoms with Gasteiger partial charge in [0.2, 0.25) is 0 Å². The molecule has 0 N–H and O–H groups in total. The summed E-state index contributed by atoms with van der Waals surface area (Å²) in [6, 6.07) is 24.3. The number of fused-ring (bicyclic) bond motifs is 1. The molecular weight excluding hydrogens is 658 g/mol. The van der Waals surface area contributed by atoms with E-state index in [1.54, 1.807) is 18.4 Å². The first-order valence-corrected chi connectivity index (χ1v) is 17.4. The first kappa shape index (κ1) is 34.0. The van der Waals surface area contributed by atoms with E-state index >= 15 is 0 Å². The molecule has 0 fully saturated rings. The molecule has 0 spiro atoms. The standard InChI is InChI=1S/C39H38ClN3O5S/c1-7-46-38(45)35-25(5)41-39-43(36(35)32-10-8-9-11-33(32)48-23(2)3)37(44)34(49-39)21-28-20-24(4)42(26(28)6)30-16-18-31(19-17-30)47-22-27-12-14-29(40)15-13-27/h8-21,23,36H,7,22H2,1-6H3/b34-21-/t36-/m0/s1. The van der Waals surface area contributed by atoms with Crippen molar-refractivity contribution in [2.75, 3.05) is 6.61 Å². The molecule has 0 saturated carbocycles. The van der Waals surface area contributed by atoms with Gasteiger partial charge in [-0.25, -0.2) is 9.79 Å². The molecule has 0 bridgehead atoms. The smallest absolute Gasteiger partial charge is 0.338 e. The summed E-state index contributed by atoms with van der Waals surface area (Å²) in [5.74, 6) is 0.848. The third kappa shape index (κ3) is 7.00. The zero-order chi connectivity index (χ0) is 34.8. The summed E-state index contributed by atoms with van der Waals surface area (Å²) in [6.07, 6.45) is 1.80. The Bertz CT molecular complexity index is 2230. The zero-order valence-corrected chi connectivity index (χ0v) is 29.9. The number of nitrogens with zero attached hydrogens (tertiary/aromatic N) is 3. The highest BCUT2D eigenvalue weighted by atomic mass is 35.5. The largest absolute Gasteiger partial charge is 0.491 e. The molecule has 0 unspecified atom stereocenters. The van der Waals surface area contributed by atoms with Crippen LogP contribution in [-0.2, 0) is 16.1 Å². The van der Waals surface area contributed by atoms with Crippen LogP contribution >= 0.6 is 22.9 Å². The van der Waals surface area contributed by atoms with Gasteiger partial charge in [-0.3, -0.25) is 9.36 Å². The highest BCUT2D eigenvalue weighted by molar-refractivity contribution is 7.07. The molecule has 1 aliphatic rings. The van der Waals surface area contributed by atoms with Crippen LogP contribution in [0.2, 0.25) is 5.02 Å². The molecule has 6 rings (SSSR count). The van der Waals surface area contributed by atoms with Crippen molar-refractivity contribution in [3.8, 4) is 17.2 Å². The van der Waals surface area contributed by atoms with E-state index in [-0.39, 0.29) is 18.3 Å². The highest BCUT2D eigenvalue weighted by Crippen LogP contribution is 2.36. The van der Waals surface area contributed by atoms with E-state index in [2.05, 4.69) is 10.6 Å². The number of carbonyl (C=O) groups is 1. The fraction of sp³-hybridized carbons (Fsp3) is 0.256. The van der Waals surface area contributed by atoms with Crippen LogP contribution in [0.15, 0.2) is 99.9 Å². The number of allylic oxidation sites excluding steroid dienone is 1. The van der Waals surface area contributed by atoms with Crippen LogP contribution in [0.25, 0.3) is 11.8 Å². The van der Waals surface area contributed by atoms with Gasteiger partial charge in [0.25, 0.3) is 5.56 Å². The van der Waals surface area contributed by atoms with Crippen LogP contribution in [0.5, 0.6) is 11.5 Å². The third-order valence-corrected chi connectivity index (χ3v) is 9.50. The number of carbonyl (C=O) groups excluding carboxylic acids is 1. The van der Waals surface area contributed by atoms with Crippen LogP contribution in [0, 0.1) is 13.8 Å². The number of aromatic nitrogens is 2. The Morgan fingerprint density at radius 2 is 1.73 bits per heavy atom. The van der Waals surface area contributed by atoms with Crippen molar-refractivity contribution < 1.29 is 19.0 Å². The van der Waals surface area contributed by atoms with E-state index in [4.69, 9.17) is 30.8 Å². The lowest BCUT2D eigenvalue weighted by atomic mass is 9.95. The van der Waals surface area contributed by atoms with Crippen molar-refractivity contribution in [3.63, 3.8) is 0 Å². The number of benzene rings is 3. The van der Waals surface area contributed by atoms with Crippen LogP contribution in [0.4, 0.5) is 0 Å². The average molecular weight is 696 g/mol. The van der Waals surface area contributed by atoms with Crippen LogP contribution < -0.4 is 24.4 Å². The Hall–Kier alpha value is -4.86. The maximum absolute atomic E-state index is 14.3. The summed E-state index contributed by atoms with van der Waals surface area (Å²) < 4.78 is 21.9. The normalized spacial score (nSPS) is 14.5. The molecule has 49 heavy (non-hydrogen) atoms. The highest BCUT2D eigenvalue weighted by Gasteiger charge is 2.35. The predicted octanol–water partition coefficient (Wildman–Crippen LogP) is 7.23. The fourth-order valence-corrected chi connectivity index (χ4v) is 7.23. The van der Waals surface area contributed by atoms with Gasteiger partial charge >= 0.3 is 5.97 Å². The molecule has 1 atom stereocenters. The summed E-state index contributed by atoms with van der Waals surface area (Å²) in [4.78, 5) is 32.9. The second kappa shape index (κ2) is 14.3. The minimum absolute atomic E-state index is 0.110. The number of aryl methyl sites for hydroxylation is 1. The van der Waals surface area contributed by atoms with Crippen molar-refractivity contribution in [3.05, 3.63) is 143 Å². The Morgan fingerprint density at radius 1 is 1.02 bits per heavy atom. The molecule has 252 valence electrons. The topological polar surface area (TPSA) is 84.0 Å². The average Bonchev–Trinajstić information content (AvgIpc) is 3.53. The number of thiazole rings is 1. The number of hydrogen-bond acceptors (Lipinski definition) is 7.